The van der Waals surface area contributed by atoms with Crippen molar-refractivity contribution in [3.63, 3.8) is 0 Å². The minimum Gasteiger partial charge on any atom is -0.289 e. The third-order valence-electron chi connectivity index (χ3n) is 5.14. The maximum Gasteiger partial charge on any atom is 0.200 e. The van der Waals surface area contributed by atoms with Gasteiger partial charge in [-0.25, -0.2) is 22.0 Å². The Kier molecular flexibility index (Phi) is 5.36. The van der Waals surface area contributed by atoms with Gasteiger partial charge in [-0.1, -0.05) is 44.2 Å². The van der Waals surface area contributed by atoms with E-state index < -0.39 is 46.0 Å². The van der Waals surface area contributed by atoms with Gasteiger partial charge in [-0.15, -0.1) is 0 Å². The fourth-order valence-corrected chi connectivity index (χ4v) is 3.76. The number of carbonyl (C=O) groups is 1. The van der Waals surface area contributed by atoms with E-state index in [-0.39, 0.29) is 11.5 Å². The van der Waals surface area contributed by atoms with Crippen molar-refractivity contribution < 1.29 is 26.7 Å². The molecule has 0 spiro atoms. The second kappa shape index (κ2) is 7.32. The maximum atomic E-state index is 13.9. The number of hydrogen-bond acceptors (Lipinski definition) is 1. The van der Waals surface area contributed by atoms with E-state index in [2.05, 4.69) is 20.4 Å². The molecule has 1 aliphatic carbocycles. The lowest BCUT2D eigenvalue weighted by Crippen LogP contribution is -2.11. The van der Waals surface area contributed by atoms with Crippen LogP contribution in [0.15, 0.2) is 24.8 Å². The maximum absolute atomic E-state index is 13.9. The first-order valence-corrected chi connectivity index (χ1v) is 8.98. The molecule has 0 radical (unpaired) electrons. The van der Waals surface area contributed by atoms with Gasteiger partial charge in [0.05, 0.1) is 5.56 Å². The number of carbonyl (C=O) groups excluding carboxylic acids is 1. The average Bonchev–Trinajstić information content (AvgIpc) is 3.45. The first-order valence-electron chi connectivity index (χ1n) is 8.61. The Morgan fingerprint density at radius 2 is 1.57 bits per heavy atom. The minimum absolute atomic E-state index is 0.0514. The van der Waals surface area contributed by atoms with E-state index in [0.29, 0.717) is 16.9 Å². The van der Waals surface area contributed by atoms with Crippen LogP contribution in [-0.4, -0.2) is 5.78 Å². The first-order chi connectivity index (χ1) is 13.1. The monoisotopic (exact) mass is 414 g/mol. The summed E-state index contributed by atoms with van der Waals surface area (Å²) in [5, 5.41) is 0.309. The molecule has 0 bridgehead atoms. The van der Waals surface area contributed by atoms with Crippen molar-refractivity contribution >= 4 is 23.0 Å². The summed E-state index contributed by atoms with van der Waals surface area (Å²) in [4.78, 5) is 12.5. The van der Waals surface area contributed by atoms with Gasteiger partial charge in [0.1, 0.15) is 0 Å². The average molecular weight is 415 g/mol. The molecule has 0 heterocycles. The predicted octanol–water partition coefficient (Wildman–Crippen LogP) is 6.69. The molecule has 0 saturated heterocycles. The lowest BCUT2D eigenvalue weighted by Gasteiger charge is -2.12. The molecule has 28 heavy (non-hydrogen) atoms. The van der Waals surface area contributed by atoms with Gasteiger partial charge < -0.3 is 0 Å². The van der Waals surface area contributed by atoms with Gasteiger partial charge in [0.2, 0.25) is 5.82 Å². The smallest absolute Gasteiger partial charge is 0.200 e. The largest absolute Gasteiger partial charge is 0.289 e. The molecule has 0 N–H and O–H groups in total. The lowest BCUT2D eigenvalue weighted by atomic mass is 9.95. The number of ketones is 1. The number of allylic oxidation sites excluding steroid dienone is 1. The molecule has 0 aromatic heterocycles. The SMILES string of the molecule is C=C(C(=O)c1ccc([C@H]2CC2C(C)C)c(Cl)c1)c1c(F)c(F)c(F)c(F)c1F. The van der Waals surface area contributed by atoms with Crippen LogP contribution >= 0.6 is 11.6 Å². The molecular formula is C21H16ClF5O. The molecule has 1 unspecified atom stereocenters. The van der Waals surface area contributed by atoms with E-state index in [1.165, 1.54) is 12.1 Å². The van der Waals surface area contributed by atoms with Crippen LogP contribution in [0.2, 0.25) is 5.02 Å². The normalized spacial score (nSPS) is 18.5. The highest BCUT2D eigenvalue weighted by molar-refractivity contribution is 6.33. The number of rotatable bonds is 5. The van der Waals surface area contributed by atoms with Crippen molar-refractivity contribution in [1.82, 2.24) is 0 Å². The molecule has 1 aliphatic rings. The highest BCUT2D eigenvalue weighted by Gasteiger charge is 2.41. The van der Waals surface area contributed by atoms with Crippen LogP contribution in [0.3, 0.4) is 0 Å². The molecule has 2 aromatic rings. The van der Waals surface area contributed by atoms with Crippen LogP contribution in [0.25, 0.3) is 5.57 Å². The number of benzene rings is 2. The summed E-state index contributed by atoms with van der Waals surface area (Å²) in [7, 11) is 0. The zero-order valence-electron chi connectivity index (χ0n) is 15.1. The number of halogens is 6. The molecule has 3 rings (SSSR count). The summed E-state index contributed by atoms with van der Waals surface area (Å²) >= 11 is 6.26. The predicted molar refractivity (Wildman–Crippen MR) is 96.7 cm³/mol. The Labute approximate surface area is 163 Å². The molecule has 2 aromatic carbocycles. The highest BCUT2D eigenvalue weighted by Crippen LogP contribution is 2.53. The Bertz CT molecular complexity index is 970. The summed E-state index contributed by atoms with van der Waals surface area (Å²) in [6.45, 7) is 7.44. The third-order valence-corrected chi connectivity index (χ3v) is 5.47. The molecule has 7 heteroatoms. The van der Waals surface area contributed by atoms with E-state index in [1.807, 2.05) is 0 Å². The van der Waals surface area contributed by atoms with Crippen LogP contribution in [0.4, 0.5) is 22.0 Å². The summed E-state index contributed by atoms with van der Waals surface area (Å²) < 4.78 is 67.9. The van der Waals surface area contributed by atoms with E-state index in [0.717, 1.165) is 12.0 Å². The van der Waals surface area contributed by atoms with Gasteiger partial charge in [-0.3, -0.25) is 4.79 Å². The Morgan fingerprint density at radius 1 is 1.04 bits per heavy atom. The standard InChI is InChI=1S/C21H16ClF5O/c1-8(2)12-7-13(12)11-5-4-10(6-14(11)22)21(28)9(3)15-16(23)18(25)20(27)19(26)17(15)24/h4-6,8,12-13H,3,7H2,1-2H3/t12?,13-/m1/s1. The van der Waals surface area contributed by atoms with Crippen molar-refractivity contribution in [3.05, 3.63) is 75.6 Å². The summed E-state index contributed by atoms with van der Waals surface area (Å²) in [5.74, 6) is -10.5. The van der Waals surface area contributed by atoms with Crippen molar-refractivity contribution in [2.45, 2.75) is 26.2 Å². The lowest BCUT2D eigenvalue weighted by molar-refractivity contribution is 0.105. The van der Waals surface area contributed by atoms with Gasteiger partial charge in [0.15, 0.2) is 29.1 Å². The fraction of sp³-hybridized carbons (Fsp3) is 0.286. The van der Waals surface area contributed by atoms with Crippen LogP contribution in [0, 0.1) is 40.9 Å². The van der Waals surface area contributed by atoms with E-state index >= 15 is 0 Å². The molecule has 1 nitrogen and oxygen atoms in total. The zero-order valence-corrected chi connectivity index (χ0v) is 15.8. The highest BCUT2D eigenvalue weighted by atomic mass is 35.5. The summed E-state index contributed by atoms with van der Waals surface area (Å²) in [5.41, 5.74) is -1.38. The quantitative estimate of drug-likeness (QED) is 0.175. The first kappa shape index (κ1) is 20.5. The minimum atomic E-state index is -2.30. The van der Waals surface area contributed by atoms with Gasteiger partial charge in [0, 0.05) is 16.2 Å². The fourth-order valence-electron chi connectivity index (χ4n) is 3.44. The van der Waals surface area contributed by atoms with E-state index in [4.69, 9.17) is 11.6 Å². The van der Waals surface area contributed by atoms with Crippen molar-refractivity contribution in [3.8, 4) is 0 Å². The van der Waals surface area contributed by atoms with Gasteiger partial charge in [-0.05, 0) is 35.8 Å². The summed E-state index contributed by atoms with van der Waals surface area (Å²) in [6, 6.07) is 4.39. The second-order valence-electron chi connectivity index (χ2n) is 7.24. The topological polar surface area (TPSA) is 17.1 Å². The summed E-state index contributed by atoms with van der Waals surface area (Å²) in [6.07, 6.45) is 0.974. The van der Waals surface area contributed by atoms with Crippen LogP contribution in [-0.2, 0) is 0 Å². The molecule has 0 amide bonds. The van der Waals surface area contributed by atoms with E-state index in [9.17, 15) is 26.7 Å². The van der Waals surface area contributed by atoms with Crippen molar-refractivity contribution in [2.75, 3.05) is 0 Å². The molecule has 2 atom stereocenters. The molecule has 0 aliphatic heterocycles. The van der Waals surface area contributed by atoms with Gasteiger partial charge in [0.25, 0.3) is 0 Å². The Hall–Kier alpha value is -2.21. The Morgan fingerprint density at radius 3 is 2.04 bits per heavy atom. The molecular weight excluding hydrogens is 399 g/mol. The van der Waals surface area contributed by atoms with Crippen molar-refractivity contribution in [2.24, 2.45) is 11.8 Å². The Balaban J connectivity index is 1.94. The van der Waals surface area contributed by atoms with Crippen LogP contribution < -0.4 is 0 Å². The van der Waals surface area contributed by atoms with Gasteiger partial charge >= 0.3 is 0 Å². The van der Waals surface area contributed by atoms with Crippen molar-refractivity contribution in [1.29, 1.82) is 0 Å². The molecule has 1 fully saturated rings. The van der Waals surface area contributed by atoms with Gasteiger partial charge in [-0.2, -0.15) is 0 Å². The third kappa shape index (κ3) is 3.34. The second-order valence-corrected chi connectivity index (χ2v) is 7.65. The van der Waals surface area contributed by atoms with Crippen LogP contribution in [0.5, 0.6) is 0 Å². The molecule has 1 saturated carbocycles. The number of Topliss-reactive ketones (excluding diaryl/α,β-unsaturated/α-hetero) is 1. The number of hydrogen-bond donors (Lipinski definition) is 0. The van der Waals surface area contributed by atoms with Crippen LogP contribution in [0.1, 0.15) is 47.7 Å². The van der Waals surface area contributed by atoms with E-state index in [1.54, 1.807) is 6.07 Å². The molecule has 148 valence electrons. The zero-order chi connectivity index (χ0) is 20.9.